The number of carbonyl (C=O) groups is 1. The first-order valence-corrected chi connectivity index (χ1v) is 8.01. The van der Waals surface area contributed by atoms with Crippen LogP contribution in [0.2, 0.25) is 0 Å². The van der Waals surface area contributed by atoms with E-state index >= 15 is 0 Å². The second kappa shape index (κ2) is 10.2. The number of amides is 1. The monoisotopic (exact) mass is 393 g/mol. The molecule has 2 rings (SSSR count). The topological polar surface area (TPSA) is 101 Å². The predicted octanol–water partition coefficient (Wildman–Crippen LogP) is 1.57. The quantitative estimate of drug-likeness (QED) is 0.447. The zero-order chi connectivity index (χ0) is 17.5. The maximum absolute atomic E-state index is 12.4. The van der Waals surface area contributed by atoms with E-state index in [4.69, 9.17) is 17.5 Å². The van der Waals surface area contributed by atoms with Gasteiger partial charge in [-0.25, -0.2) is 0 Å². The molecule has 1 amide bonds. The average Bonchev–Trinajstić information content (AvgIpc) is 2.48. The fourth-order valence-electron chi connectivity index (χ4n) is 2.03. The molecule has 0 fully saturated rings. The summed E-state index contributed by atoms with van der Waals surface area (Å²) in [6, 6.07) is 19.8. The molecule has 0 aromatic heterocycles. The van der Waals surface area contributed by atoms with E-state index in [1.165, 1.54) is 0 Å². The number of carbonyl (C=O) groups excluding carboxylic acids is 1. The molecule has 0 aliphatic heterocycles. The molecular formula is C16H17NNiO5S. The second-order valence-corrected chi connectivity index (χ2v) is 5.71. The van der Waals surface area contributed by atoms with Gasteiger partial charge in [-0.05, 0) is 11.1 Å². The maximum atomic E-state index is 12.4. The fourth-order valence-corrected chi connectivity index (χ4v) is 2.03. The fraction of sp³-hybridized carbons (Fsp3) is 0.188. The van der Waals surface area contributed by atoms with E-state index in [0.29, 0.717) is 0 Å². The van der Waals surface area contributed by atoms with Crippen LogP contribution in [0.15, 0.2) is 60.7 Å². The van der Waals surface area contributed by atoms with Crippen molar-refractivity contribution in [2.24, 2.45) is 0 Å². The SMILES string of the molecule is CN(C)C(=O)C(c1ccccc1)c1ccccc1.O=S(=O)([O-])[O-].[Ni+2]. The molecule has 0 radical (unpaired) electrons. The number of benzene rings is 2. The third-order valence-corrected chi connectivity index (χ3v) is 2.95. The van der Waals surface area contributed by atoms with Crippen molar-refractivity contribution in [1.29, 1.82) is 0 Å². The molecule has 8 heteroatoms. The minimum atomic E-state index is -5.17. The zero-order valence-electron chi connectivity index (χ0n) is 13.1. The van der Waals surface area contributed by atoms with Crippen molar-refractivity contribution in [3.8, 4) is 0 Å². The molecule has 0 spiro atoms. The normalized spacial score (nSPS) is 10.2. The molecule has 0 unspecified atom stereocenters. The van der Waals surface area contributed by atoms with Crippen LogP contribution in [0.5, 0.6) is 0 Å². The van der Waals surface area contributed by atoms with E-state index in [0.717, 1.165) is 11.1 Å². The molecule has 2 aromatic rings. The van der Waals surface area contributed by atoms with Crippen LogP contribution in [0.25, 0.3) is 0 Å². The van der Waals surface area contributed by atoms with E-state index < -0.39 is 10.4 Å². The summed E-state index contributed by atoms with van der Waals surface area (Å²) < 4.78 is 34.1. The van der Waals surface area contributed by atoms with Crippen molar-refractivity contribution in [1.82, 2.24) is 4.90 Å². The summed E-state index contributed by atoms with van der Waals surface area (Å²) in [5.74, 6) is -0.116. The molecule has 0 aliphatic rings. The summed E-state index contributed by atoms with van der Waals surface area (Å²) in [7, 11) is -1.58. The van der Waals surface area contributed by atoms with Crippen LogP contribution in [0, 0.1) is 0 Å². The van der Waals surface area contributed by atoms with Crippen LogP contribution in [0.4, 0.5) is 0 Å². The second-order valence-electron chi connectivity index (χ2n) is 4.90. The number of hydrogen-bond donors (Lipinski definition) is 0. The Hall–Kier alpha value is -1.73. The van der Waals surface area contributed by atoms with E-state index in [1.54, 1.807) is 19.0 Å². The number of nitrogens with zero attached hydrogens (tertiary/aromatic N) is 1. The molecular weight excluding hydrogens is 377 g/mol. The molecule has 0 saturated carbocycles. The molecule has 24 heavy (non-hydrogen) atoms. The molecule has 0 bridgehead atoms. The summed E-state index contributed by atoms with van der Waals surface area (Å²) >= 11 is 0. The maximum Gasteiger partial charge on any atom is 2.00 e. The van der Waals surface area contributed by atoms with Crippen LogP contribution in [0.3, 0.4) is 0 Å². The van der Waals surface area contributed by atoms with Gasteiger partial charge in [-0.15, -0.1) is 0 Å². The van der Waals surface area contributed by atoms with E-state index in [1.807, 2.05) is 60.7 Å². The van der Waals surface area contributed by atoms with Gasteiger partial charge in [0.25, 0.3) is 0 Å². The molecule has 0 saturated heterocycles. The van der Waals surface area contributed by atoms with Gasteiger partial charge in [-0.3, -0.25) is 13.2 Å². The van der Waals surface area contributed by atoms with E-state index in [2.05, 4.69) is 0 Å². The van der Waals surface area contributed by atoms with Gasteiger partial charge in [0.1, 0.15) is 0 Å². The van der Waals surface area contributed by atoms with Crippen molar-refractivity contribution in [3.05, 3.63) is 71.8 Å². The van der Waals surface area contributed by atoms with Gasteiger partial charge in [0, 0.05) is 24.5 Å². The minimum Gasteiger partial charge on any atom is -0.759 e. The Morgan fingerprint density at radius 1 is 0.875 bits per heavy atom. The summed E-state index contributed by atoms with van der Waals surface area (Å²) in [5.41, 5.74) is 2.06. The third kappa shape index (κ3) is 8.22. The molecule has 0 heterocycles. The van der Waals surface area contributed by atoms with Gasteiger partial charge in [-0.2, -0.15) is 0 Å². The van der Waals surface area contributed by atoms with Crippen LogP contribution in [-0.4, -0.2) is 42.4 Å². The Morgan fingerprint density at radius 2 is 1.17 bits per heavy atom. The number of likely N-dealkylation sites (N-methyl/N-ethyl adjacent to an activating group) is 1. The zero-order valence-corrected chi connectivity index (χ0v) is 14.9. The first kappa shape index (κ1) is 22.3. The Labute approximate surface area is 152 Å². The molecule has 6 nitrogen and oxygen atoms in total. The summed E-state index contributed by atoms with van der Waals surface area (Å²) in [5, 5.41) is 0. The van der Waals surface area contributed by atoms with Gasteiger partial charge in [0.2, 0.25) is 5.91 Å². The Morgan fingerprint density at radius 3 is 1.42 bits per heavy atom. The average molecular weight is 394 g/mol. The van der Waals surface area contributed by atoms with Crippen molar-refractivity contribution in [2.45, 2.75) is 5.92 Å². The third-order valence-electron chi connectivity index (χ3n) is 2.95. The molecule has 2 aromatic carbocycles. The van der Waals surface area contributed by atoms with Crippen LogP contribution < -0.4 is 0 Å². The van der Waals surface area contributed by atoms with E-state index in [-0.39, 0.29) is 28.3 Å². The standard InChI is InChI=1S/C16H17NO.Ni.H2O4S/c1-17(2)16(18)15(13-9-5-3-6-10-13)14-11-7-4-8-12-14;;1-5(2,3)4/h3-12,15H,1-2H3;;(H2,1,2,3,4)/q;+2;/p-2. The van der Waals surface area contributed by atoms with Gasteiger partial charge in [0.05, 0.1) is 5.92 Å². The molecule has 0 aliphatic carbocycles. The Kier molecular flexibility index (Phi) is 9.47. The molecule has 132 valence electrons. The van der Waals surface area contributed by atoms with Crippen molar-refractivity contribution < 1.29 is 38.8 Å². The van der Waals surface area contributed by atoms with Crippen LogP contribution in [0.1, 0.15) is 17.0 Å². The number of rotatable bonds is 3. The minimum absolute atomic E-state index is 0. The Balaban J connectivity index is 0.000000777. The van der Waals surface area contributed by atoms with Gasteiger partial charge >= 0.3 is 16.5 Å². The first-order chi connectivity index (χ1) is 10.7. The van der Waals surface area contributed by atoms with Crippen molar-refractivity contribution >= 4 is 16.3 Å². The van der Waals surface area contributed by atoms with Gasteiger partial charge < -0.3 is 14.0 Å². The van der Waals surface area contributed by atoms with E-state index in [9.17, 15) is 4.79 Å². The smallest absolute Gasteiger partial charge is 0.759 e. The Bertz CT molecular complexity index is 673. The summed E-state index contributed by atoms with van der Waals surface area (Å²) in [4.78, 5) is 14.0. The van der Waals surface area contributed by atoms with Gasteiger partial charge in [0.15, 0.2) is 0 Å². The van der Waals surface area contributed by atoms with Crippen LogP contribution >= 0.6 is 0 Å². The van der Waals surface area contributed by atoms with Crippen molar-refractivity contribution in [3.63, 3.8) is 0 Å². The van der Waals surface area contributed by atoms with Gasteiger partial charge in [-0.1, -0.05) is 60.7 Å². The summed E-state index contributed by atoms with van der Waals surface area (Å²) in [6.07, 6.45) is 0. The first-order valence-electron chi connectivity index (χ1n) is 6.68. The van der Waals surface area contributed by atoms with Crippen molar-refractivity contribution in [2.75, 3.05) is 14.1 Å². The number of hydrogen-bond acceptors (Lipinski definition) is 5. The van der Waals surface area contributed by atoms with Crippen LogP contribution in [-0.2, 0) is 31.7 Å². The molecule has 0 N–H and O–H groups in total. The molecule has 0 atom stereocenters. The predicted molar refractivity (Wildman–Crippen MR) is 83.9 cm³/mol. The largest absolute Gasteiger partial charge is 2.00 e. The summed E-state index contributed by atoms with van der Waals surface area (Å²) in [6.45, 7) is 0.